The van der Waals surface area contributed by atoms with Gasteiger partial charge in [-0.05, 0) is 24.6 Å². The van der Waals surface area contributed by atoms with Gasteiger partial charge in [-0.15, -0.1) is 0 Å². The Morgan fingerprint density at radius 1 is 1.28 bits per heavy atom. The molecule has 4 heteroatoms. The number of hydrogen-bond donors (Lipinski definition) is 0. The largest absolute Gasteiger partial charge is 0.484 e. The number of nitrogens with zero attached hydrogens (tertiary/aromatic N) is 3. The van der Waals surface area contributed by atoms with Crippen LogP contribution < -0.4 is 4.74 Å². The van der Waals surface area contributed by atoms with Gasteiger partial charge in [0, 0.05) is 11.9 Å². The maximum Gasteiger partial charge on any atom is 0.155 e. The van der Waals surface area contributed by atoms with Crippen LogP contribution in [0.4, 0.5) is 0 Å². The normalized spacial score (nSPS) is 9.78. The van der Waals surface area contributed by atoms with Crippen molar-refractivity contribution in [1.82, 2.24) is 9.97 Å². The van der Waals surface area contributed by atoms with Crippen LogP contribution in [-0.4, -0.2) is 9.97 Å². The molecule has 0 aliphatic carbocycles. The zero-order valence-corrected chi connectivity index (χ0v) is 10.1. The smallest absolute Gasteiger partial charge is 0.155 e. The minimum Gasteiger partial charge on any atom is -0.484 e. The topological polar surface area (TPSA) is 58.8 Å². The number of pyridine rings is 2. The van der Waals surface area contributed by atoms with Crippen LogP contribution in [0.15, 0.2) is 36.7 Å². The Balaban J connectivity index is 2.12. The van der Waals surface area contributed by atoms with Gasteiger partial charge in [-0.25, -0.2) is 0 Å². The lowest BCUT2D eigenvalue weighted by molar-refractivity contribution is 0.299. The summed E-state index contributed by atoms with van der Waals surface area (Å²) in [5.41, 5.74) is 2.22. The molecule has 0 atom stereocenters. The summed E-state index contributed by atoms with van der Waals surface area (Å²) in [5, 5.41) is 9.06. The second-order valence-electron chi connectivity index (χ2n) is 3.75. The molecule has 0 fully saturated rings. The van der Waals surface area contributed by atoms with Gasteiger partial charge in [0.1, 0.15) is 12.7 Å². The Hall–Kier alpha value is -2.41. The molecule has 0 saturated carbocycles. The summed E-state index contributed by atoms with van der Waals surface area (Å²) in [5.74, 6) is 0.500. The summed E-state index contributed by atoms with van der Waals surface area (Å²) in [6, 6.07) is 9.50. The van der Waals surface area contributed by atoms with E-state index >= 15 is 0 Å². The number of nitriles is 1. The maximum absolute atomic E-state index is 9.06. The SMILES string of the molecule is CCc1cc(C#N)c(OCc2ccccn2)cn1. The molecule has 0 aliphatic heterocycles. The van der Waals surface area contributed by atoms with Crippen molar-refractivity contribution in [1.29, 1.82) is 5.26 Å². The van der Waals surface area contributed by atoms with Crippen LogP contribution in [0.2, 0.25) is 0 Å². The van der Waals surface area contributed by atoms with Crippen molar-refractivity contribution in [2.24, 2.45) is 0 Å². The van der Waals surface area contributed by atoms with Gasteiger partial charge in [-0.2, -0.15) is 5.26 Å². The molecule has 0 aliphatic rings. The fourth-order valence-corrected chi connectivity index (χ4v) is 1.52. The molecule has 18 heavy (non-hydrogen) atoms. The molecule has 2 heterocycles. The molecule has 0 aromatic carbocycles. The van der Waals surface area contributed by atoms with E-state index in [4.69, 9.17) is 10.00 Å². The third-order valence-electron chi connectivity index (χ3n) is 2.51. The highest BCUT2D eigenvalue weighted by Gasteiger charge is 2.06. The van der Waals surface area contributed by atoms with Crippen molar-refractivity contribution >= 4 is 0 Å². The highest BCUT2D eigenvalue weighted by molar-refractivity contribution is 5.42. The summed E-state index contributed by atoms with van der Waals surface area (Å²) < 4.78 is 5.57. The maximum atomic E-state index is 9.06. The molecule has 0 spiro atoms. The van der Waals surface area contributed by atoms with Crippen molar-refractivity contribution in [3.05, 3.63) is 53.6 Å². The van der Waals surface area contributed by atoms with Crippen LogP contribution in [0.5, 0.6) is 5.75 Å². The first kappa shape index (κ1) is 12.1. The Bertz CT molecular complexity index is 561. The van der Waals surface area contributed by atoms with E-state index in [9.17, 15) is 0 Å². The molecule has 0 unspecified atom stereocenters. The van der Waals surface area contributed by atoms with Gasteiger partial charge in [0.05, 0.1) is 17.5 Å². The average molecular weight is 239 g/mol. The molecule has 0 saturated heterocycles. The summed E-state index contributed by atoms with van der Waals surface area (Å²) in [7, 11) is 0. The number of ether oxygens (including phenoxy) is 1. The van der Waals surface area contributed by atoms with Gasteiger partial charge >= 0.3 is 0 Å². The molecule has 0 bridgehead atoms. The van der Waals surface area contributed by atoms with Crippen LogP contribution in [0, 0.1) is 11.3 Å². The van der Waals surface area contributed by atoms with Gasteiger partial charge < -0.3 is 4.74 Å². The number of hydrogen-bond acceptors (Lipinski definition) is 4. The zero-order valence-electron chi connectivity index (χ0n) is 10.1. The van der Waals surface area contributed by atoms with E-state index < -0.39 is 0 Å². The van der Waals surface area contributed by atoms with E-state index in [-0.39, 0.29) is 0 Å². The van der Waals surface area contributed by atoms with Crippen LogP contribution in [-0.2, 0) is 13.0 Å². The molecule has 4 nitrogen and oxygen atoms in total. The van der Waals surface area contributed by atoms with Crippen LogP contribution >= 0.6 is 0 Å². The van der Waals surface area contributed by atoms with E-state index in [1.807, 2.05) is 25.1 Å². The van der Waals surface area contributed by atoms with Crippen LogP contribution in [0.1, 0.15) is 23.9 Å². The van der Waals surface area contributed by atoms with Crippen molar-refractivity contribution < 1.29 is 4.74 Å². The predicted molar refractivity (Wildman–Crippen MR) is 66.9 cm³/mol. The van der Waals surface area contributed by atoms with Crippen molar-refractivity contribution in [3.63, 3.8) is 0 Å². The number of rotatable bonds is 4. The summed E-state index contributed by atoms with van der Waals surface area (Å²) >= 11 is 0. The predicted octanol–water partition coefficient (Wildman–Crippen LogP) is 2.49. The standard InChI is InChI=1S/C14H13N3O/c1-2-12-7-11(8-15)14(9-17-12)18-10-13-5-3-4-6-16-13/h3-7,9H,2,10H2,1H3. The van der Waals surface area contributed by atoms with Gasteiger partial charge in [0.2, 0.25) is 0 Å². The first-order valence-electron chi connectivity index (χ1n) is 5.75. The lowest BCUT2D eigenvalue weighted by Gasteiger charge is -2.07. The van der Waals surface area contributed by atoms with Crippen molar-refractivity contribution in [3.8, 4) is 11.8 Å². The van der Waals surface area contributed by atoms with Gasteiger partial charge in [0.25, 0.3) is 0 Å². The molecule has 2 rings (SSSR count). The number of aromatic nitrogens is 2. The highest BCUT2D eigenvalue weighted by atomic mass is 16.5. The molecule has 2 aromatic rings. The quantitative estimate of drug-likeness (QED) is 0.822. The summed E-state index contributed by atoms with van der Waals surface area (Å²) in [4.78, 5) is 8.38. The second kappa shape index (κ2) is 5.78. The van der Waals surface area contributed by atoms with Crippen LogP contribution in [0.25, 0.3) is 0 Å². The Kier molecular flexibility index (Phi) is 3.87. The lowest BCUT2D eigenvalue weighted by atomic mass is 10.2. The van der Waals surface area contributed by atoms with Gasteiger partial charge in [-0.3, -0.25) is 9.97 Å². The fourth-order valence-electron chi connectivity index (χ4n) is 1.52. The Morgan fingerprint density at radius 3 is 2.83 bits per heavy atom. The van der Waals surface area contributed by atoms with E-state index in [1.54, 1.807) is 18.5 Å². The summed E-state index contributed by atoms with van der Waals surface area (Å²) in [6.45, 7) is 2.33. The minimum atomic E-state index is 0.336. The average Bonchev–Trinajstić information content (AvgIpc) is 2.46. The van der Waals surface area contributed by atoms with Gasteiger partial charge in [-0.1, -0.05) is 13.0 Å². The molecule has 0 amide bonds. The highest BCUT2D eigenvalue weighted by Crippen LogP contribution is 2.18. The molecule has 2 aromatic heterocycles. The van der Waals surface area contributed by atoms with E-state index in [0.717, 1.165) is 17.8 Å². The molecule has 0 radical (unpaired) electrons. The fraction of sp³-hybridized carbons (Fsp3) is 0.214. The second-order valence-corrected chi connectivity index (χ2v) is 3.75. The Morgan fingerprint density at radius 2 is 2.17 bits per heavy atom. The molecule has 90 valence electrons. The van der Waals surface area contributed by atoms with Gasteiger partial charge in [0.15, 0.2) is 5.75 Å². The molecule has 0 N–H and O–H groups in total. The van der Waals surface area contributed by atoms with E-state index in [2.05, 4.69) is 16.0 Å². The molecular weight excluding hydrogens is 226 g/mol. The zero-order chi connectivity index (χ0) is 12.8. The first-order chi connectivity index (χ1) is 8.83. The lowest BCUT2D eigenvalue weighted by Crippen LogP contribution is -2.00. The Labute approximate surface area is 106 Å². The number of aryl methyl sites for hydroxylation is 1. The van der Waals surface area contributed by atoms with Crippen molar-refractivity contribution in [2.75, 3.05) is 0 Å². The summed E-state index contributed by atoms with van der Waals surface area (Å²) in [6.07, 6.45) is 4.11. The van der Waals surface area contributed by atoms with E-state index in [0.29, 0.717) is 17.9 Å². The van der Waals surface area contributed by atoms with Crippen LogP contribution in [0.3, 0.4) is 0 Å². The third kappa shape index (κ3) is 2.83. The monoisotopic (exact) mass is 239 g/mol. The minimum absolute atomic E-state index is 0.336. The third-order valence-corrected chi connectivity index (χ3v) is 2.51. The van der Waals surface area contributed by atoms with Crippen molar-refractivity contribution in [2.45, 2.75) is 20.0 Å². The first-order valence-corrected chi connectivity index (χ1v) is 5.75. The van der Waals surface area contributed by atoms with E-state index in [1.165, 1.54) is 0 Å². The molecular formula is C14H13N3O.